The van der Waals surface area contributed by atoms with E-state index in [1.54, 1.807) is 31.2 Å². The van der Waals surface area contributed by atoms with Crippen LogP contribution in [-0.4, -0.2) is 29.1 Å². The van der Waals surface area contributed by atoms with Crippen LogP contribution >= 0.6 is 0 Å². The SMILES string of the molecule is CCOc1ccc(OC(C)C(=O)NNC(=O)CCn2ccc3ccccc32)cc1. The smallest absolute Gasteiger partial charge is 0.279 e. The Hall–Kier alpha value is -3.48. The van der Waals surface area contributed by atoms with E-state index in [0.29, 0.717) is 18.9 Å². The molecule has 29 heavy (non-hydrogen) atoms. The molecule has 0 aliphatic heterocycles. The van der Waals surface area contributed by atoms with Crippen molar-refractivity contribution in [1.29, 1.82) is 0 Å². The molecule has 0 saturated carbocycles. The molecule has 2 N–H and O–H groups in total. The summed E-state index contributed by atoms with van der Waals surface area (Å²) in [5.41, 5.74) is 5.91. The Morgan fingerprint density at radius 3 is 2.48 bits per heavy atom. The van der Waals surface area contributed by atoms with Gasteiger partial charge in [-0.25, -0.2) is 0 Å². The topological polar surface area (TPSA) is 81.6 Å². The van der Waals surface area contributed by atoms with Crippen LogP contribution in [0.1, 0.15) is 20.3 Å². The first-order valence-electron chi connectivity index (χ1n) is 9.59. The predicted octanol–water partition coefficient (Wildman–Crippen LogP) is 3.05. The minimum Gasteiger partial charge on any atom is -0.494 e. The fourth-order valence-corrected chi connectivity index (χ4v) is 2.89. The number of aryl methyl sites for hydroxylation is 1. The fourth-order valence-electron chi connectivity index (χ4n) is 2.89. The molecule has 3 aromatic rings. The molecule has 0 fully saturated rings. The highest BCUT2D eigenvalue weighted by Gasteiger charge is 2.15. The van der Waals surface area contributed by atoms with Crippen LogP contribution < -0.4 is 20.3 Å². The first-order valence-corrected chi connectivity index (χ1v) is 9.59. The summed E-state index contributed by atoms with van der Waals surface area (Å²) in [6.45, 7) is 4.63. The minimum absolute atomic E-state index is 0.243. The summed E-state index contributed by atoms with van der Waals surface area (Å²) in [5.74, 6) is 0.574. The van der Waals surface area contributed by atoms with E-state index in [1.165, 1.54) is 0 Å². The van der Waals surface area contributed by atoms with Gasteiger partial charge in [-0.05, 0) is 55.6 Å². The molecule has 7 heteroatoms. The molecule has 1 atom stereocenters. The van der Waals surface area contributed by atoms with Crippen LogP contribution in [0.5, 0.6) is 11.5 Å². The number of carbonyl (C=O) groups excluding carboxylic acids is 2. The lowest BCUT2D eigenvalue weighted by molar-refractivity contribution is -0.132. The Labute approximate surface area is 169 Å². The maximum atomic E-state index is 12.1. The number of fused-ring (bicyclic) bond motifs is 1. The Kier molecular flexibility index (Phi) is 6.73. The lowest BCUT2D eigenvalue weighted by Gasteiger charge is -2.15. The summed E-state index contributed by atoms with van der Waals surface area (Å²) < 4.78 is 13.0. The summed E-state index contributed by atoms with van der Waals surface area (Å²) in [6.07, 6.45) is 1.43. The number of hydrogen-bond acceptors (Lipinski definition) is 4. The lowest BCUT2D eigenvalue weighted by Crippen LogP contribution is -2.47. The van der Waals surface area contributed by atoms with Crippen LogP contribution in [0, 0.1) is 0 Å². The number of para-hydroxylation sites is 1. The van der Waals surface area contributed by atoms with E-state index in [4.69, 9.17) is 9.47 Å². The molecule has 0 aliphatic carbocycles. The average molecular weight is 395 g/mol. The van der Waals surface area contributed by atoms with E-state index in [-0.39, 0.29) is 12.3 Å². The van der Waals surface area contributed by atoms with Gasteiger partial charge in [0.15, 0.2) is 6.10 Å². The second kappa shape index (κ2) is 9.64. The van der Waals surface area contributed by atoms with Crippen molar-refractivity contribution in [2.75, 3.05) is 6.61 Å². The second-order valence-corrected chi connectivity index (χ2v) is 6.52. The Morgan fingerprint density at radius 1 is 1.00 bits per heavy atom. The van der Waals surface area contributed by atoms with E-state index >= 15 is 0 Å². The molecule has 1 heterocycles. The van der Waals surface area contributed by atoms with E-state index in [0.717, 1.165) is 16.7 Å². The van der Waals surface area contributed by atoms with Gasteiger partial charge in [0, 0.05) is 24.7 Å². The van der Waals surface area contributed by atoms with Crippen LogP contribution in [0.15, 0.2) is 60.8 Å². The zero-order chi connectivity index (χ0) is 20.6. The summed E-state index contributed by atoms with van der Waals surface area (Å²) >= 11 is 0. The lowest BCUT2D eigenvalue weighted by atomic mass is 10.2. The first-order chi connectivity index (χ1) is 14.1. The third-order valence-electron chi connectivity index (χ3n) is 4.40. The van der Waals surface area contributed by atoms with Gasteiger partial charge >= 0.3 is 0 Å². The van der Waals surface area contributed by atoms with Crippen molar-refractivity contribution in [3.05, 3.63) is 60.8 Å². The molecule has 0 radical (unpaired) electrons. The summed E-state index contributed by atoms with van der Waals surface area (Å²) in [7, 11) is 0. The Balaban J connectivity index is 1.42. The molecule has 0 saturated heterocycles. The van der Waals surface area contributed by atoms with Crippen molar-refractivity contribution < 1.29 is 19.1 Å². The van der Waals surface area contributed by atoms with Gasteiger partial charge in [0.05, 0.1) is 6.61 Å². The number of aromatic nitrogens is 1. The standard InChI is InChI=1S/C22H25N3O4/c1-3-28-18-8-10-19(11-9-18)29-16(2)22(27)24-23-21(26)13-15-25-14-12-17-6-4-5-7-20(17)25/h4-12,14,16H,3,13,15H2,1-2H3,(H,23,26)(H,24,27). The predicted molar refractivity (Wildman–Crippen MR) is 111 cm³/mol. The fraction of sp³-hybridized carbons (Fsp3) is 0.273. The Bertz CT molecular complexity index is 966. The number of nitrogens with zero attached hydrogens (tertiary/aromatic N) is 1. The monoisotopic (exact) mass is 395 g/mol. The number of hydrogen-bond donors (Lipinski definition) is 2. The third kappa shape index (κ3) is 5.51. The number of rotatable bonds is 8. The van der Waals surface area contributed by atoms with E-state index in [2.05, 4.69) is 10.9 Å². The summed E-state index contributed by atoms with van der Waals surface area (Å²) in [5, 5.41) is 1.13. The second-order valence-electron chi connectivity index (χ2n) is 6.52. The van der Waals surface area contributed by atoms with Gasteiger partial charge in [0.2, 0.25) is 5.91 Å². The van der Waals surface area contributed by atoms with Crippen molar-refractivity contribution in [3.8, 4) is 11.5 Å². The molecule has 2 aromatic carbocycles. The van der Waals surface area contributed by atoms with Crippen LogP contribution in [-0.2, 0) is 16.1 Å². The number of amides is 2. The van der Waals surface area contributed by atoms with Gasteiger partial charge in [0.1, 0.15) is 11.5 Å². The van der Waals surface area contributed by atoms with Crippen molar-refractivity contribution in [3.63, 3.8) is 0 Å². The number of ether oxygens (including phenoxy) is 2. The molecule has 0 aliphatic rings. The van der Waals surface area contributed by atoms with Crippen molar-refractivity contribution in [2.24, 2.45) is 0 Å². The van der Waals surface area contributed by atoms with E-state index in [1.807, 2.05) is 48.0 Å². The van der Waals surface area contributed by atoms with Gasteiger partial charge < -0.3 is 14.0 Å². The molecule has 1 aromatic heterocycles. The molecule has 1 unspecified atom stereocenters. The molecule has 152 valence electrons. The molecular formula is C22H25N3O4. The van der Waals surface area contributed by atoms with Crippen molar-refractivity contribution in [1.82, 2.24) is 15.4 Å². The van der Waals surface area contributed by atoms with Crippen LogP contribution in [0.4, 0.5) is 0 Å². The zero-order valence-electron chi connectivity index (χ0n) is 16.6. The Morgan fingerprint density at radius 2 is 1.72 bits per heavy atom. The molecule has 0 bridgehead atoms. The minimum atomic E-state index is -0.762. The maximum absolute atomic E-state index is 12.1. The summed E-state index contributed by atoms with van der Waals surface area (Å²) in [6, 6.07) is 17.0. The van der Waals surface area contributed by atoms with Gasteiger partial charge in [-0.3, -0.25) is 20.4 Å². The quantitative estimate of drug-likeness (QED) is 0.575. The van der Waals surface area contributed by atoms with Crippen molar-refractivity contribution >= 4 is 22.7 Å². The molecule has 3 rings (SSSR count). The van der Waals surface area contributed by atoms with Gasteiger partial charge in [-0.15, -0.1) is 0 Å². The number of carbonyl (C=O) groups is 2. The highest BCUT2D eigenvalue weighted by molar-refractivity contribution is 5.85. The maximum Gasteiger partial charge on any atom is 0.279 e. The van der Waals surface area contributed by atoms with Crippen molar-refractivity contribution in [2.45, 2.75) is 32.9 Å². The number of hydrazine groups is 1. The van der Waals surface area contributed by atoms with Gasteiger partial charge in [-0.2, -0.15) is 0 Å². The van der Waals surface area contributed by atoms with Gasteiger partial charge in [0.25, 0.3) is 5.91 Å². The molecule has 2 amide bonds. The van der Waals surface area contributed by atoms with Crippen LogP contribution in [0.2, 0.25) is 0 Å². The zero-order valence-corrected chi connectivity index (χ0v) is 16.6. The molecule has 0 spiro atoms. The first kappa shape index (κ1) is 20.3. The number of benzene rings is 2. The normalized spacial score (nSPS) is 11.7. The van der Waals surface area contributed by atoms with E-state index < -0.39 is 12.0 Å². The molecular weight excluding hydrogens is 370 g/mol. The van der Waals surface area contributed by atoms with Gasteiger partial charge in [-0.1, -0.05) is 18.2 Å². The van der Waals surface area contributed by atoms with E-state index in [9.17, 15) is 9.59 Å². The highest BCUT2D eigenvalue weighted by Crippen LogP contribution is 2.18. The number of nitrogens with one attached hydrogen (secondary N) is 2. The largest absolute Gasteiger partial charge is 0.494 e. The molecule has 7 nitrogen and oxygen atoms in total. The van der Waals surface area contributed by atoms with Crippen LogP contribution in [0.25, 0.3) is 10.9 Å². The average Bonchev–Trinajstić information content (AvgIpc) is 3.15. The summed E-state index contributed by atoms with van der Waals surface area (Å²) in [4.78, 5) is 24.2. The van der Waals surface area contributed by atoms with Crippen LogP contribution in [0.3, 0.4) is 0 Å². The highest BCUT2D eigenvalue weighted by atomic mass is 16.5. The third-order valence-corrected chi connectivity index (χ3v) is 4.40.